The number of hydrogen-bond donors (Lipinski definition) is 0. The summed E-state index contributed by atoms with van der Waals surface area (Å²) in [6.45, 7) is 1.48. The van der Waals surface area contributed by atoms with Crippen LogP contribution in [-0.4, -0.2) is 37.9 Å². The summed E-state index contributed by atoms with van der Waals surface area (Å²) in [5, 5.41) is 0. The van der Waals surface area contributed by atoms with E-state index in [0.717, 1.165) is 12.8 Å². The van der Waals surface area contributed by atoms with E-state index < -0.39 is 0 Å². The zero-order valence-corrected chi connectivity index (χ0v) is 10.3. The Kier molecular flexibility index (Phi) is 6.11. The van der Waals surface area contributed by atoms with E-state index in [2.05, 4.69) is 0 Å². The fraction of sp³-hybridized carbons (Fsp3) is 0.875. The fourth-order valence-corrected chi connectivity index (χ4v) is 1.42. The summed E-state index contributed by atoms with van der Waals surface area (Å²) in [6.07, 6.45) is 6.11. The first-order valence-electron chi connectivity index (χ1n) is 3.96. The largest absolute Gasteiger partial charge is 0.463 e. The predicted molar refractivity (Wildman–Crippen MR) is 44.4 cm³/mol. The van der Waals surface area contributed by atoms with Gasteiger partial charge in [-0.25, -0.2) is 0 Å². The Bertz CT molecular complexity index is 119. The molecule has 0 atom stereocenters. The molecule has 0 heterocycles. The van der Waals surface area contributed by atoms with E-state index in [4.69, 9.17) is 4.74 Å². The molecular formula is C8H14InO2. The van der Waals surface area contributed by atoms with Crippen molar-refractivity contribution in [1.29, 1.82) is 0 Å². The first-order valence-corrected chi connectivity index (χ1v) is 3.96. The summed E-state index contributed by atoms with van der Waals surface area (Å²) in [7, 11) is 0. The van der Waals surface area contributed by atoms with Crippen LogP contribution in [0.3, 0.4) is 0 Å². The molecule has 11 heavy (non-hydrogen) atoms. The quantitative estimate of drug-likeness (QED) is 0.665. The molecule has 61 valence electrons. The Morgan fingerprint density at radius 1 is 1.27 bits per heavy atom. The number of hydrogen-bond acceptors (Lipinski definition) is 2. The summed E-state index contributed by atoms with van der Waals surface area (Å²) in [5.41, 5.74) is 0. The van der Waals surface area contributed by atoms with Gasteiger partial charge in [-0.3, -0.25) is 4.79 Å². The number of carbonyl (C=O) groups is 1. The third-order valence-electron chi connectivity index (χ3n) is 1.88. The van der Waals surface area contributed by atoms with Crippen LogP contribution < -0.4 is 0 Å². The topological polar surface area (TPSA) is 26.3 Å². The molecule has 1 saturated carbocycles. The molecular weight excluding hydrogens is 243 g/mol. The van der Waals surface area contributed by atoms with Crippen LogP contribution in [0.1, 0.15) is 39.0 Å². The van der Waals surface area contributed by atoms with Crippen LogP contribution in [0.2, 0.25) is 0 Å². The van der Waals surface area contributed by atoms with Crippen LogP contribution in [0.25, 0.3) is 0 Å². The van der Waals surface area contributed by atoms with Crippen LogP contribution >= 0.6 is 0 Å². The van der Waals surface area contributed by atoms with Crippen molar-refractivity contribution in [2.75, 3.05) is 0 Å². The van der Waals surface area contributed by atoms with Gasteiger partial charge in [0.25, 0.3) is 0 Å². The SMILES string of the molecule is CC(=O)OC1CCCCC1.[In]. The Hall–Kier alpha value is 0.340. The normalized spacial score (nSPS) is 18.6. The minimum atomic E-state index is -0.132. The molecule has 3 radical (unpaired) electrons. The van der Waals surface area contributed by atoms with Gasteiger partial charge in [0.2, 0.25) is 0 Å². The Morgan fingerprint density at radius 3 is 2.27 bits per heavy atom. The molecule has 2 nitrogen and oxygen atoms in total. The monoisotopic (exact) mass is 257 g/mol. The van der Waals surface area contributed by atoms with Crippen LogP contribution in [0.5, 0.6) is 0 Å². The van der Waals surface area contributed by atoms with Gasteiger partial charge >= 0.3 is 5.97 Å². The van der Waals surface area contributed by atoms with Gasteiger partial charge in [-0.15, -0.1) is 0 Å². The standard InChI is InChI=1S/C8H14O2.In/c1-7(9)10-8-5-3-2-4-6-8;/h8H,2-6H2,1H3;. The third-order valence-corrected chi connectivity index (χ3v) is 1.88. The first-order chi connectivity index (χ1) is 4.79. The molecule has 1 fully saturated rings. The van der Waals surface area contributed by atoms with E-state index in [1.807, 2.05) is 0 Å². The number of ether oxygens (including phenoxy) is 1. The Balaban J connectivity index is 0.000001000. The third kappa shape index (κ3) is 4.72. The van der Waals surface area contributed by atoms with Crippen molar-refractivity contribution in [1.82, 2.24) is 0 Å². The molecule has 0 saturated heterocycles. The molecule has 0 bridgehead atoms. The fourth-order valence-electron chi connectivity index (χ4n) is 1.42. The van der Waals surface area contributed by atoms with Gasteiger partial charge in [-0.05, 0) is 25.7 Å². The van der Waals surface area contributed by atoms with Crippen molar-refractivity contribution in [3.8, 4) is 0 Å². The van der Waals surface area contributed by atoms with Crippen LogP contribution in [-0.2, 0) is 9.53 Å². The zero-order chi connectivity index (χ0) is 7.40. The summed E-state index contributed by atoms with van der Waals surface area (Å²) in [4.78, 5) is 10.5. The van der Waals surface area contributed by atoms with Crippen molar-refractivity contribution < 1.29 is 9.53 Å². The van der Waals surface area contributed by atoms with Gasteiger partial charge in [-0.2, -0.15) is 0 Å². The maximum Gasteiger partial charge on any atom is 0.302 e. The predicted octanol–water partition coefficient (Wildman–Crippen LogP) is 1.50. The molecule has 0 spiro atoms. The smallest absolute Gasteiger partial charge is 0.302 e. The average molecular weight is 257 g/mol. The molecule has 1 aliphatic rings. The maximum absolute atomic E-state index is 10.5. The average Bonchev–Trinajstić information content (AvgIpc) is 1.88. The van der Waals surface area contributed by atoms with Gasteiger partial charge in [-0.1, -0.05) is 6.42 Å². The van der Waals surface area contributed by atoms with Crippen LogP contribution in [0, 0.1) is 0 Å². The molecule has 0 aromatic heterocycles. The molecule has 0 unspecified atom stereocenters. The molecule has 0 aromatic rings. The van der Waals surface area contributed by atoms with E-state index >= 15 is 0 Å². The summed E-state index contributed by atoms with van der Waals surface area (Å²) >= 11 is 0. The second-order valence-electron chi connectivity index (χ2n) is 2.87. The molecule has 1 aliphatic carbocycles. The molecule has 1 rings (SSSR count). The minimum absolute atomic E-state index is 0. The molecule has 0 aliphatic heterocycles. The number of esters is 1. The summed E-state index contributed by atoms with van der Waals surface area (Å²) < 4.78 is 5.05. The Labute approximate surface area is 86.5 Å². The van der Waals surface area contributed by atoms with Gasteiger partial charge in [0.1, 0.15) is 6.10 Å². The van der Waals surface area contributed by atoms with Gasteiger partial charge in [0, 0.05) is 32.8 Å². The minimum Gasteiger partial charge on any atom is -0.463 e. The Morgan fingerprint density at radius 2 is 1.82 bits per heavy atom. The van der Waals surface area contributed by atoms with E-state index in [-0.39, 0.29) is 37.9 Å². The van der Waals surface area contributed by atoms with E-state index in [1.54, 1.807) is 0 Å². The molecule has 0 aromatic carbocycles. The van der Waals surface area contributed by atoms with Crippen molar-refractivity contribution in [3.05, 3.63) is 0 Å². The maximum atomic E-state index is 10.5. The second-order valence-corrected chi connectivity index (χ2v) is 2.87. The summed E-state index contributed by atoms with van der Waals surface area (Å²) in [5.74, 6) is -0.132. The molecule has 3 heteroatoms. The number of rotatable bonds is 1. The van der Waals surface area contributed by atoms with Crippen LogP contribution in [0.4, 0.5) is 0 Å². The molecule has 0 N–H and O–H groups in total. The number of carbonyl (C=O) groups excluding carboxylic acids is 1. The first kappa shape index (κ1) is 11.3. The van der Waals surface area contributed by atoms with Crippen molar-refractivity contribution in [2.45, 2.75) is 45.1 Å². The zero-order valence-electron chi connectivity index (χ0n) is 7.01. The van der Waals surface area contributed by atoms with Gasteiger partial charge in [0.15, 0.2) is 0 Å². The summed E-state index contributed by atoms with van der Waals surface area (Å²) in [6, 6.07) is 0. The van der Waals surface area contributed by atoms with Gasteiger partial charge in [0.05, 0.1) is 0 Å². The van der Waals surface area contributed by atoms with Gasteiger partial charge < -0.3 is 4.74 Å². The van der Waals surface area contributed by atoms with Crippen molar-refractivity contribution in [2.24, 2.45) is 0 Å². The van der Waals surface area contributed by atoms with E-state index in [9.17, 15) is 4.79 Å². The van der Waals surface area contributed by atoms with Crippen molar-refractivity contribution in [3.63, 3.8) is 0 Å². The molecule has 0 amide bonds. The van der Waals surface area contributed by atoms with E-state index in [1.165, 1.54) is 26.2 Å². The van der Waals surface area contributed by atoms with E-state index in [0.29, 0.717) is 0 Å². The van der Waals surface area contributed by atoms with Crippen molar-refractivity contribution >= 4 is 31.8 Å². The van der Waals surface area contributed by atoms with Crippen LogP contribution in [0.15, 0.2) is 0 Å². The second kappa shape index (κ2) is 5.92.